The molecule has 1 aliphatic heterocycles. The van der Waals surface area contributed by atoms with Gasteiger partial charge in [-0.05, 0) is 18.6 Å². The molecule has 15 heavy (non-hydrogen) atoms. The monoisotopic (exact) mass is 205 g/mol. The molecular formula is C11H11NO3. The van der Waals surface area contributed by atoms with Gasteiger partial charge in [0, 0.05) is 24.6 Å². The third-order valence-electron chi connectivity index (χ3n) is 2.29. The second kappa shape index (κ2) is 3.73. The van der Waals surface area contributed by atoms with Gasteiger partial charge in [-0.25, -0.2) is 0 Å². The lowest BCUT2D eigenvalue weighted by molar-refractivity contribution is -0.131. The Hall–Kier alpha value is -1.84. The molecular weight excluding hydrogens is 194 g/mol. The van der Waals surface area contributed by atoms with E-state index in [0.29, 0.717) is 24.3 Å². The van der Waals surface area contributed by atoms with Crippen LogP contribution in [0.25, 0.3) is 0 Å². The fourth-order valence-corrected chi connectivity index (χ4v) is 1.68. The summed E-state index contributed by atoms with van der Waals surface area (Å²) < 4.78 is 5.04. The highest BCUT2D eigenvalue weighted by Gasteiger charge is 2.20. The molecule has 78 valence electrons. The maximum Gasteiger partial charge on any atom is 0.308 e. The predicted octanol–water partition coefficient (Wildman–Crippen LogP) is 0.898. The maximum absolute atomic E-state index is 11.5. The fraction of sp³-hybridized carbons (Fsp3) is 0.273. The van der Waals surface area contributed by atoms with Gasteiger partial charge in [0.15, 0.2) is 0 Å². The molecule has 0 aliphatic carbocycles. The minimum atomic E-state index is -0.366. The summed E-state index contributed by atoms with van der Waals surface area (Å²) >= 11 is 0. The van der Waals surface area contributed by atoms with Crippen molar-refractivity contribution < 1.29 is 14.3 Å². The molecule has 0 saturated heterocycles. The van der Waals surface area contributed by atoms with E-state index in [0.717, 1.165) is 5.56 Å². The Kier molecular flexibility index (Phi) is 2.41. The molecule has 1 N–H and O–H groups in total. The standard InChI is InChI=1S/C11H11NO3/c1-7(13)15-10-4-2-3-9-8(10)5-6-12-11(9)14/h2-4H,5-6H2,1H3,(H,12,14). The van der Waals surface area contributed by atoms with Crippen LogP contribution >= 0.6 is 0 Å². The lowest BCUT2D eigenvalue weighted by Gasteiger charge is -2.18. The lowest BCUT2D eigenvalue weighted by Crippen LogP contribution is -2.32. The topological polar surface area (TPSA) is 55.4 Å². The van der Waals surface area contributed by atoms with Crippen LogP contribution < -0.4 is 10.1 Å². The number of carbonyl (C=O) groups is 2. The first-order valence-electron chi connectivity index (χ1n) is 4.77. The molecule has 4 nitrogen and oxygen atoms in total. The Balaban J connectivity index is 2.44. The van der Waals surface area contributed by atoms with Gasteiger partial charge in [-0.15, -0.1) is 0 Å². The zero-order chi connectivity index (χ0) is 10.8. The Morgan fingerprint density at radius 2 is 2.27 bits per heavy atom. The van der Waals surface area contributed by atoms with Crippen LogP contribution in [0.1, 0.15) is 22.8 Å². The van der Waals surface area contributed by atoms with Crippen LogP contribution in [-0.4, -0.2) is 18.4 Å². The summed E-state index contributed by atoms with van der Waals surface area (Å²) in [7, 11) is 0. The van der Waals surface area contributed by atoms with Crippen molar-refractivity contribution in [1.82, 2.24) is 5.32 Å². The van der Waals surface area contributed by atoms with Gasteiger partial charge >= 0.3 is 5.97 Å². The highest BCUT2D eigenvalue weighted by molar-refractivity contribution is 5.97. The fourth-order valence-electron chi connectivity index (χ4n) is 1.68. The molecule has 0 spiro atoms. The molecule has 2 rings (SSSR count). The molecule has 1 aromatic rings. The predicted molar refractivity (Wildman–Crippen MR) is 53.8 cm³/mol. The second-order valence-electron chi connectivity index (χ2n) is 3.38. The van der Waals surface area contributed by atoms with Crippen LogP contribution in [0.3, 0.4) is 0 Å². The Labute approximate surface area is 87.2 Å². The van der Waals surface area contributed by atoms with Crippen LogP contribution in [0.2, 0.25) is 0 Å². The van der Waals surface area contributed by atoms with Crippen LogP contribution in [-0.2, 0) is 11.2 Å². The third-order valence-corrected chi connectivity index (χ3v) is 2.29. The number of esters is 1. The van der Waals surface area contributed by atoms with Gasteiger partial charge in [0.2, 0.25) is 0 Å². The number of hydrogen-bond donors (Lipinski definition) is 1. The smallest absolute Gasteiger partial charge is 0.308 e. The summed E-state index contributed by atoms with van der Waals surface area (Å²) in [5, 5.41) is 2.74. The van der Waals surface area contributed by atoms with E-state index in [1.54, 1.807) is 18.2 Å². The number of fused-ring (bicyclic) bond motifs is 1. The highest BCUT2D eigenvalue weighted by atomic mass is 16.5. The van der Waals surface area contributed by atoms with Crippen molar-refractivity contribution in [3.8, 4) is 5.75 Å². The normalized spacial score (nSPS) is 14.1. The molecule has 4 heteroatoms. The Morgan fingerprint density at radius 3 is 3.00 bits per heavy atom. The minimum absolute atomic E-state index is 0.106. The number of amides is 1. The van der Waals surface area contributed by atoms with Crippen molar-refractivity contribution in [3.05, 3.63) is 29.3 Å². The quantitative estimate of drug-likeness (QED) is 0.547. The number of ether oxygens (including phenoxy) is 1. The Bertz CT molecular complexity index is 426. The van der Waals surface area contributed by atoms with Gasteiger partial charge in [0.1, 0.15) is 5.75 Å². The number of benzene rings is 1. The van der Waals surface area contributed by atoms with Gasteiger partial charge < -0.3 is 10.1 Å². The van der Waals surface area contributed by atoms with Gasteiger partial charge in [-0.1, -0.05) is 6.07 Å². The van der Waals surface area contributed by atoms with Gasteiger partial charge in [0.05, 0.1) is 0 Å². The summed E-state index contributed by atoms with van der Waals surface area (Å²) in [4.78, 5) is 22.3. The SMILES string of the molecule is CC(=O)Oc1cccc2c1CCNC2=O. The number of rotatable bonds is 1. The molecule has 0 fully saturated rings. The van der Waals surface area contributed by atoms with Crippen molar-refractivity contribution >= 4 is 11.9 Å². The summed E-state index contributed by atoms with van der Waals surface area (Å²) in [6.07, 6.45) is 0.699. The molecule has 1 heterocycles. The molecule has 1 aliphatic rings. The Morgan fingerprint density at radius 1 is 1.47 bits per heavy atom. The third kappa shape index (κ3) is 1.83. The van der Waals surface area contributed by atoms with Crippen molar-refractivity contribution in [2.75, 3.05) is 6.54 Å². The summed E-state index contributed by atoms with van der Waals surface area (Å²) in [6.45, 7) is 1.94. The first-order valence-corrected chi connectivity index (χ1v) is 4.77. The van der Waals surface area contributed by atoms with Crippen LogP contribution in [0, 0.1) is 0 Å². The van der Waals surface area contributed by atoms with E-state index in [4.69, 9.17) is 4.74 Å². The van der Waals surface area contributed by atoms with Crippen molar-refractivity contribution in [2.45, 2.75) is 13.3 Å². The zero-order valence-electron chi connectivity index (χ0n) is 8.37. The maximum atomic E-state index is 11.5. The van der Waals surface area contributed by atoms with E-state index in [9.17, 15) is 9.59 Å². The van der Waals surface area contributed by atoms with E-state index in [1.165, 1.54) is 6.92 Å². The minimum Gasteiger partial charge on any atom is -0.426 e. The van der Waals surface area contributed by atoms with Gasteiger partial charge in [0.25, 0.3) is 5.91 Å². The number of nitrogens with one attached hydrogen (secondary N) is 1. The zero-order valence-corrected chi connectivity index (χ0v) is 8.37. The van der Waals surface area contributed by atoms with Crippen molar-refractivity contribution in [2.24, 2.45) is 0 Å². The molecule has 1 aromatic carbocycles. The van der Waals surface area contributed by atoms with Crippen molar-refractivity contribution in [3.63, 3.8) is 0 Å². The summed E-state index contributed by atoms with van der Waals surface area (Å²) in [5.74, 6) is 0.0227. The molecule has 0 aromatic heterocycles. The van der Waals surface area contributed by atoms with Gasteiger partial charge in [-0.3, -0.25) is 9.59 Å². The van der Waals surface area contributed by atoms with E-state index in [2.05, 4.69) is 5.32 Å². The van der Waals surface area contributed by atoms with Crippen LogP contribution in [0.4, 0.5) is 0 Å². The van der Waals surface area contributed by atoms with E-state index >= 15 is 0 Å². The highest BCUT2D eigenvalue weighted by Crippen LogP contribution is 2.25. The summed E-state index contributed by atoms with van der Waals surface area (Å²) in [5.41, 5.74) is 1.41. The van der Waals surface area contributed by atoms with Crippen molar-refractivity contribution in [1.29, 1.82) is 0 Å². The number of hydrogen-bond acceptors (Lipinski definition) is 3. The summed E-state index contributed by atoms with van der Waals surface area (Å²) in [6, 6.07) is 5.15. The van der Waals surface area contributed by atoms with Crippen LogP contribution in [0.5, 0.6) is 5.75 Å². The first kappa shape index (κ1) is 9.71. The van der Waals surface area contributed by atoms with Crippen LogP contribution in [0.15, 0.2) is 18.2 Å². The van der Waals surface area contributed by atoms with E-state index < -0.39 is 0 Å². The molecule has 0 saturated carbocycles. The lowest BCUT2D eigenvalue weighted by atomic mass is 9.99. The molecule has 0 bridgehead atoms. The average Bonchev–Trinajstić information content (AvgIpc) is 2.19. The molecule has 0 radical (unpaired) electrons. The molecule has 0 atom stereocenters. The van der Waals surface area contributed by atoms with Gasteiger partial charge in [-0.2, -0.15) is 0 Å². The van der Waals surface area contributed by atoms with E-state index in [1.807, 2.05) is 0 Å². The largest absolute Gasteiger partial charge is 0.426 e. The first-order chi connectivity index (χ1) is 7.18. The molecule has 0 unspecified atom stereocenters. The van der Waals surface area contributed by atoms with E-state index in [-0.39, 0.29) is 11.9 Å². The second-order valence-corrected chi connectivity index (χ2v) is 3.38. The average molecular weight is 205 g/mol. The number of carbonyl (C=O) groups excluding carboxylic acids is 2. The molecule has 1 amide bonds.